The van der Waals surface area contributed by atoms with Gasteiger partial charge in [0.15, 0.2) is 0 Å². The molecular formula is C9H5Cl2F2O2-. The minimum absolute atomic E-state index is 0.0404. The fourth-order valence-electron chi connectivity index (χ4n) is 1.13. The lowest BCUT2D eigenvalue weighted by molar-refractivity contribution is -0.331. The summed E-state index contributed by atoms with van der Waals surface area (Å²) in [5.41, 5.74) is -0.782. The van der Waals surface area contributed by atoms with E-state index in [9.17, 15) is 18.7 Å². The van der Waals surface area contributed by atoms with Gasteiger partial charge in [-0.25, -0.2) is 0 Å². The Bertz CT molecular complexity index is 419. The number of carboxylic acids is 1. The summed E-state index contributed by atoms with van der Waals surface area (Å²) < 4.78 is 26.4. The van der Waals surface area contributed by atoms with Crippen LogP contribution in [0.15, 0.2) is 12.1 Å². The molecule has 0 unspecified atom stereocenters. The van der Waals surface area contributed by atoms with Gasteiger partial charge in [0.05, 0.1) is 10.0 Å². The monoisotopic (exact) mass is 253 g/mol. The zero-order chi connectivity index (χ0) is 11.8. The van der Waals surface area contributed by atoms with Crippen molar-refractivity contribution in [3.8, 4) is 0 Å². The number of alkyl halides is 2. The summed E-state index contributed by atoms with van der Waals surface area (Å²) in [6.45, 7) is 1.31. The molecule has 82 valence electrons. The Kier molecular flexibility index (Phi) is 3.21. The first-order valence-corrected chi connectivity index (χ1v) is 4.58. The Morgan fingerprint density at radius 1 is 1.40 bits per heavy atom. The topological polar surface area (TPSA) is 40.1 Å². The molecule has 0 heterocycles. The molecule has 0 radical (unpaired) electrons. The van der Waals surface area contributed by atoms with Crippen LogP contribution in [0, 0.1) is 6.92 Å². The maximum atomic E-state index is 13.2. The van der Waals surface area contributed by atoms with Gasteiger partial charge in [-0.1, -0.05) is 29.3 Å². The van der Waals surface area contributed by atoms with Crippen LogP contribution in [0.4, 0.5) is 8.78 Å². The molecule has 1 aromatic rings. The van der Waals surface area contributed by atoms with Crippen LogP contribution in [0.25, 0.3) is 0 Å². The Hall–Kier alpha value is -0.870. The molecule has 0 aromatic heterocycles. The first-order chi connectivity index (χ1) is 6.78. The molecule has 0 fully saturated rings. The standard InChI is InChI=1S/C9H6Cl2F2O2/c1-4-2-3-5(10)7(11)6(4)9(12,13)8(14)15/h2-3H,1H3,(H,14,15)/p-1. The molecule has 0 aliphatic rings. The van der Waals surface area contributed by atoms with Gasteiger partial charge in [0.1, 0.15) is 5.97 Å². The van der Waals surface area contributed by atoms with Crippen LogP contribution in [-0.2, 0) is 10.7 Å². The highest BCUT2D eigenvalue weighted by atomic mass is 35.5. The van der Waals surface area contributed by atoms with Crippen molar-refractivity contribution in [2.75, 3.05) is 0 Å². The van der Waals surface area contributed by atoms with Gasteiger partial charge in [0, 0.05) is 5.56 Å². The number of aliphatic carboxylic acids is 1. The predicted octanol–water partition coefficient (Wildman–Crippen LogP) is 2.14. The van der Waals surface area contributed by atoms with Crippen molar-refractivity contribution < 1.29 is 18.7 Å². The number of hydrogen-bond acceptors (Lipinski definition) is 2. The van der Waals surface area contributed by atoms with Gasteiger partial charge in [0.25, 0.3) is 0 Å². The smallest absolute Gasteiger partial charge is 0.314 e. The van der Waals surface area contributed by atoms with E-state index in [-0.39, 0.29) is 10.6 Å². The number of carbonyl (C=O) groups is 1. The van der Waals surface area contributed by atoms with Gasteiger partial charge in [0.2, 0.25) is 0 Å². The molecular weight excluding hydrogens is 249 g/mol. The van der Waals surface area contributed by atoms with E-state index in [2.05, 4.69) is 0 Å². The van der Waals surface area contributed by atoms with Crippen LogP contribution in [0.5, 0.6) is 0 Å². The van der Waals surface area contributed by atoms with Gasteiger partial charge in [-0.3, -0.25) is 0 Å². The second-order valence-electron chi connectivity index (χ2n) is 2.92. The van der Waals surface area contributed by atoms with E-state index in [1.165, 1.54) is 19.1 Å². The lowest BCUT2D eigenvalue weighted by atomic mass is 10.0. The number of hydrogen-bond donors (Lipinski definition) is 0. The average molecular weight is 254 g/mol. The van der Waals surface area contributed by atoms with Crippen molar-refractivity contribution in [2.45, 2.75) is 12.8 Å². The first-order valence-electron chi connectivity index (χ1n) is 3.82. The van der Waals surface area contributed by atoms with Crippen LogP contribution in [0.2, 0.25) is 10.0 Å². The zero-order valence-corrected chi connectivity index (χ0v) is 8.99. The van der Waals surface area contributed by atoms with Gasteiger partial charge in [-0.05, 0) is 18.6 Å². The number of carboxylic acid groups (broad SMARTS) is 1. The third kappa shape index (κ3) is 2.06. The molecule has 6 heteroatoms. The summed E-state index contributed by atoms with van der Waals surface area (Å²) in [6, 6.07) is 2.58. The lowest BCUT2D eigenvalue weighted by Crippen LogP contribution is -2.40. The molecule has 0 N–H and O–H groups in total. The lowest BCUT2D eigenvalue weighted by Gasteiger charge is -2.21. The zero-order valence-electron chi connectivity index (χ0n) is 7.48. The third-order valence-corrected chi connectivity index (χ3v) is 2.68. The highest BCUT2D eigenvalue weighted by molar-refractivity contribution is 6.42. The van der Waals surface area contributed by atoms with Crippen molar-refractivity contribution in [1.29, 1.82) is 0 Å². The molecule has 0 aliphatic carbocycles. The maximum absolute atomic E-state index is 13.2. The van der Waals surface area contributed by atoms with Gasteiger partial charge < -0.3 is 9.90 Å². The van der Waals surface area contributed by atoms with E-state index in [0.29, 0.717) is 0 Å². The third-order valence-electron chi connectivity index (χ3n) is 1.87. The van der Waals surface area contributed by atoms with E-state index < -0.39 is 22.5 Å². The summed E-state index contributed by atoms with van der Waals surface area (Å²) in [5.74, 6) is -6.65. The summed E-state index contributed by atoms with van der Waals surface area (Å²) >= 11 is 11.0. The van der Waals surface area contributed by atoms with Gasteiger partial charge >= 0.3 is 5.92 Å². The summed E-state index contributed by atoms with van der Waals surface area (Å²) in [4.78, 5) is 10.3. The van der Waals surface area contributed by atoms with Crippen molar-refractivity contribution in [3.63, 3.8) is 0 Å². The fourth-order valence-corrected chi connectivity index (χ4v) is 1.62. The Labute approximate surface area is 94.4 Å². The Balaban J connectivity index is 3.49. The van der Waals surface area contributed by atoms with Crippen molar-refractivity contribution in [3.05, 3.63) is 33.3 Å². The quantitative estimate of drug-likeness (QED) is 0.811. The largest absolute Gasteiger partial charge is 0.544 e. The predicted molar refractivity (Wildman–Crippen MR) is 50.1 cm³/mol. The molecule has 0 aliphatic heterocycles. The van der Waals surface area contributed by atoms with Crippen LogP contribution < -0.4 is 5.11 Å². The number of carbonyl (C=O) groups excluding carboxylic acids is 1. The molecule has 0 amide bonds. The number of aryl methyl sites for hydroxylation is 1. The highest BCUT2D eigenvalue weighted by Crippen LogP contribution is 2.38. The van der Waals surface area contributed by atoms with Gasteiger partial charge in [-0.2, -0.15) is 8.78 Å². The minimum atomic E-state index is -4.15. The number of benzene rings is 1. The van der Waals surface area contributed by atoms with Crippen LogP contribution in [0.1, 0.15) is 11.1 Å². The van der Waals surface area contributed by atoms with Gasteiger partial charge in [-0.15, -0.1) is 0 Å². The van der Waals surface area contributed by atoms with E-state index in [1.807, 2.05) is 0 Å². The number of halogens is 4. The second kappa shape index (κ2) is 3.94. The molecule has 0 atom stereocenters. The van der Waals surface area contributed by atoms with E-state index >= 15 is 0 Å². The number of rotatable bonds is 2. The highest BCUT2D eigenvalue weighted by Gasteiger charge is 2.37. The summed E-state index contributed by atoms with van der Waals surface area (Å²) in [7, 11) is 0. The molecule has 0 spiro atoms. The van der Waals surface area contributed by atoms with Crippen LogP contribution in [-0.4, -0.2) is 5.97 Å². The van der Waals surface area contributed by atoms with E-state index in [4.69, 9.17) is 23.2 Å². The van der Waals surface area contributed by atoms with Crippen LogP contribution in [0.3, 0.4) is 0 Å². The molecule has 0 saturated heterocycles. The molecule has 0 saturated carbocycles. The average Bonchev–Trinajstić information content (AvgIpc) is 2.11. The van der Waals surface area contributed by atoms with E-state index in [0.717, 1.165) is 0 Å². The maximum Gasteiger partial charge on any atom is 0.314 e. The molecule has 15 heavy (non-hydrogen) atoms. The molecule has 2 nitrogen and oxygen atoms in total. The van der Waals surface area contributed by atoms with Crippen molar-refractivity contribution in [1.82, 2.24) is 0 Å². The molecule has 1 rings (SSSR count). The van der Waals surface area contributed by atoms with Crippen LogP contribution >= 0.6 is 23.2 Å². The Morgan fingerprint density at radius 3 is 2.40 bits per heavy atom. The molecule has 1 aromatic carbocycles. The Morgan fingerprint density at radius 2 is 1.93 bits per heavy atom. The fraction of sp³-hybridized carbons (Fsp3) is 0.222. The minimum Gasteiger partial charge on any atom is -0.544 e. The summed E-state index contributed by atoms with van der Waals surface area (Å²) in [6.07, 6.45) is 0. The van der Waals surface area contributed by atoms with E-state index in [1.54, 1.807) is 0 Å². The first kappa shape index (κ1) is 12.2. The normalized spacial score (nSPS) is 11.5. The van der Waals surface area contributed by atoms with Crippen molar-refractivity contribution in [2.24, 2.45) is 0 Å². The molecule has 0 bridgehead atoms. The SMILES string of the molecule is Cc1ccc(Cl)c(Cl)c1C(F)(F)C(=O)[O-]. The van der Waals surface area contributed by atoms with Crippen molar-refractivity contribution >= 4 is 29.2 Å². The summed E-state index contributed by atoms with van der Waals surface area (Å²) in [5, 5.41) is 9.68. The second-order valence-corrected chi connectivity index (χ2v) is 3.70.